The molecule has 0 aromatic rings. The molecule has 4 nitrogen and oxygen atoms in total. The Morgan fingerprint density at radius 1 is 1.50 bits per heavy atom. The van der Waals surface area contributed by atoms with Gasteiger partial charge in [0.25, 0.3) is 0 Å². The van der Waals surface area contributed by atoms with Gasteiger partial charge in [-0.3, -0.25) is 4.79 Å². The second-order valence-corrected chi connectivity index (χ2v) is 2.80. The van der Waals surface area contributed by atoms with Crippen LogP contribution in [0.2, 0.25) is 0 Å². The first-order valence-corrected chi connectivity index (χ1v) is 4.08. The van der Waals surface area contributed by atoms with Crippen molar-refractivity contribution in [3.05, 3.63) is 0 Å². The molecule has 0 amide bonds. The maximum atomic E-state index is 11.2. The summed E-state index contributed by atoms with van der Waals surface area (Å²) in [6.07, 6.45) is 0. The van der Waals surface area contributed by atoms with Crippen LogP contribution in [0.15, 0.2) is 0 Å². The first-order valence-electron chi connectivity index (χ1n) is 4.08. The molecule has 0 radical (unpaired) electrons. The molecule has 1 N–H and O–H groups in total. The summed E-state index contributed by atoms with van der Waals surface area (Å²) in [6, 6.07) is -0.380. The average molecular weight is 175 g/mol. The number of nitrogens with one attached hydrogen (secondary N) is 1. The van der Waals surface area contributed by atoms with E-state index in [1.165, 1.54) is 7.11 Å². The number of hydroxylamine groups is 1. The molecule has 0 aliphatic rings. The van der Waals surface area contributed by atoms with E-state index in [0.29, 0.717) is 6.61 Å². The third-order valence-corrected chi connectivity index (χ3v) is 1.45. The fourth-order valence-corrected chi connectivity index (χ4v) is 0.815. The largest absolute Gasteiger partial charge is 0.465 e. The number of hydrogen-bond acceptors (Lipinski definition) is 4. The highest BCUT2D eigenvalue weighted by Gasteiger charge is 2.22. The van der Waals surface area contributed by atoms with E-state index in [2.05, 4.69) is 10.3 Å². The molecule has 0 bridgehead atoms. The average Bonchev–Trinajstić information content (AvgIpc) is 1.99. The predicted molar refractivity (Wildman–Crippen MR) is 45.4 cm³/mol. The molecule has 72 valence electrons. The van der Waals surface area contributed by atoms with Crippen molar-refractivity contribution in [2.24, 2.45) is 5.92 Å². The maximum Gasteiger partial charge on any atom is 0.325 e. The molecule has 0 spiro atoms. The molecule has 0 rings (SSSR count). The Morgan fingerprint density at radius 2 is 2.08 bits per heavy atom. The molecular weight excluding hydrogens is 158 g/mol. The zero-order valence-electron chi connectivity index (χ0n) is 8.09. The van der Waals surface area contributed by atoms with E-state index in [1.807, 2.05) is 13.8 Å². The summed E-state index contributed by atoms with van der Waals surface area (Å²) in [5.41, 5.74) is 2.59. The second-order valence-electron chi connectivity index (χ2n) is 2.80. The highest BCUT2D eigenvalue weighted by molar-refractivity contribution is 5.75. The fraction of sp³-hybridized carbons (Fsp3) is 0.875. The molecule has 0 heterocycles. The van der Waals surface area contributed by atoms with Crippen molar-refractivity contribution in [1.82, 2.24) is 5.48 Å². The maximum absolute atomic E-state index is 11.2. The van der Waals surface area contributed by atoms with E-state index in [9.17, 15) is 4.79 Å². The van der Waals surface area contributed by atoms with Crippen LogP contribution in [0.25, 0.3) is 0 Å². The molecular formula is C8H17NO3. The molecule has 4 heteroatoms. The molecule has 0 aromatic carbocycles. The summed E-state index contributed by atoms with van der Waals surface area (Å²) >= 11 is 0. The minimum Gasteiger partial charge on any atom is -0.465 e. The molecule has 1 unspecified atom stereocenters. The van der Waals surface area contributed by atoms with Gasteiger partial charge in [-0.2, -0.15) is 5.48 Å². The lowest BCUT2D eigenvalue weighted by molar-refractivity contribution is -0.151. The van der Waals surface area contributed by atoms with E-state index in [4.69, 9.17) is 4.74 Å². The summed E-state index contributed by atoms with van der Waals surface area (Å²) in [5.74, 6) is -0.113. The van der Waals surface area contributed by atoms with E-state index in [-0.39, 0.29) is 17.9 Å². The minimum absolute atomic E-state index is 0.156. The standard InChI is InChI=1S/C8H17NO3/c1-5-12-8(10)7(6(2)3)9-11-4/h6-7,9H,5H2,1-4H3. The summed E-state index contributed by atoms with van der Waals surface area (Å²) in [6.45, 7) is 6.02. The summed E-state index contributed by atoms with van der Waals surface area (Å²) in [4.78, 5) is 15.9. The van der Waals surface area contributed by atoms with Crippen LogP contribution in [0, 0.1) is 5.92 Å². The van der Waals surface area contributed by atoms with Gasteiger partial charge < -0.3 is 9.57 Å². The van der Waals surface area contributed by atoms with Crippen molar-refractivity contribution in [2.45, 2.75) is 26.8 Å². The van der Waals surface area contributed by atoms with Crippen LogP contribution in [0.3, 0.4) is 0 Å². The Balaban J connectivity index is 4.00. The smallest absolute Gasteiger partial charge is 0.325 e. The fourth-order valence-electron chi connectivity index (χ4n) is 0.815. The number of carbonyl (C=O) groups excluding carboxylic acids is 1. The van der Waals surface area contributed by atoms with Gasteiger partial charge in [-0.25, -0.2) is 0 Å². The second kappa shape index (κ2) is 5.97. The molecule has 0 saturated heterocycles. The van der Waals surface area contributed by atoms with E-state index in [1.54, 1.807) is 6.92 Å². The number of ether oxygens (including phenoxy) is 1. The van der Waals surface area contributed by atoms with Gasteiger partial charge in [0.1, 0.15) is 6.04 Å². The van der Waals surface area contributed by atoms with Gasteiger partial charge in [0, 0.05) is 0 Å². The van der Waals surface area contributed by atoms with E-state index in [0.717, 1.165) is 0 Å². The van der Waals surface area contributed by atoms with Gasteiger partial charge in [-0.1, -0.05) is 13.8 Å². The zero-order valence-corrected chi connectivity index (χ0v) is 8.09. The minimum atomic E-state index is -0.380. The summed E-state index contributed by atoms with van der Waals surface area (Å²) in [5, 5.41) is 0. The topological polar surface area (TPSA) is 47.6 Å². The number of hydrogen-bond donors (Lipinski definition) is 1. The number of rotatable bonds is 5. The lowest BCUT2D eigenvalue weighted by atomic mass is 10.1. The van der Waals surface area contributed by atoms with Crippen LogP contribution < -0.4 is 5.48 Å². The first-order chi connectivity index (χ1) is 5.63. The van der Waals surface area contributed by atoms with E-state index >= 15 is 0 Å². The Hall–Kier alpha value is -0.610. The number of esters is 1. The monoisotopic (exact) mass is 175 g/mol. The van der Waals surface area contributed by atoms with Crippen LogP contribution >= 0.6 is 0 Å². The summed E-state index contributed by atoms with van der Waals surface area (Å²) < 4.78 is 4.84. The Kier molecular flexibility index (Phi) is 5.66. The molecule has 0 saturated carbocycles. The Labute approximate surface area is 73.2 Å². The molecule has 0 aromatic heterocycles. The van der Waals surface area contributed by atoms with Crippen molar-refractivity contribution < 1.29 is 14.4 Å². The highest BCUT2D eigenvalue weighted by Crippen LogP contribution is 2.03. The van der Waals surface area contributed by atoms with Crippen molar-refractivity contribution in [2.75, 3.05) is 13.7 Å². The third kappa shape index (κ3) is 3.69. The van der Waals surface area contributed by atoms with Crippen molar-refractivity contribution in [3.8, 4) is 0 Å². The third-order valence-electron chi connectivity index (χ3n) is 1.45. The van der Waals surface area contributed by atoms with Gasteiger partial charge in [0.2, 0.25) is 0 Å². The molecule has 0 aliphatic carbocycles. The van der Waals surface area contributed by atoms with Crippen LogP contribution in [-0.4, -0.2) is 25.7 Å². The Bertz CT molecular complexity index is 136. The van der Waals surface area contributed by atoms with Crippen LogP contribution in [0.1, 0.15) is 20.8 Å². The van der Waals surface area contributed by atoms with Crippen molar-refractivity contribution in [1.29, 1.82) is 0 Å². The molecule has 12 heavy (non-hydrogen) atoms. The number of carbonyl (C=O) groups is 1. The molecule has 1 atom stereocenters. The normalized spacial score (nSPS) is 13.1. The van der Waals surface area contributed by atoms with Crippen LogP contribution in [0.4, 0.5) is 0 Å². The highest BCUT2D eigenvalue weighted by atomic mass is 16.6. The lowest BCUT2D eigenvalue weighted by Crippen LogP contribution is -2.41. The van der Waals surface area contributed by atoms with E-state index < -0.39 is 0 Å². The zero-order chi connectivity index (χ0) is 9.56. The SMILES string of the molecule is CCOC(=O)C(NOC)C(C)C. The first kappa shape index (κ1) is 11.4. The molecule has 0 aliphatic heterocycles. The quantitative estimate of drug-likeness (QED) is 0.494. The van der Waals surface area contributed by atoms with Crippen molar-refractivity contribution >= 4 is 5.97 Å². The Morgan fingerprint density at radius 3 is 2.42 bits per heavy atom. The summed E-state index contributed by atoms with van der Waals surface area (Å²) in [7, 11) is 1.48. The molecule has 0 fully saturated rings. The van der Waals surface area contributed by atoms with Crippen LogP contribution in [-0.2, 0) is 14.4 Å². The van der Waals surface area contributed by atoms with Gasteiger partial charge in [0.05, 0.1) is 13.7 Å². The van der Waals surface area contributed by atoms with Crippen molar-refractivity contribution in [3.63, 3.8) is 0 Å². The van der Waals surface area contributed by atoms with Gasteiger partial charge in [0.15, 0.2) is 0 Å². The van der Waals surface area contributed by atoms with Gasteiger partial charge in [-0.05, 0) is 12.8 Å². The van der Waals surface area contributed by atoms with Gasteiger partial charge in [-0.15, -0.1) is 0 Å². The van der Waals surface area contributed by atoms with Gasteiger partial charge >= 0.3 is 5.97 Å². The predicted octanol–water partition coefficient (Wildman–Crippen LogP) is 0.725. The lowest BCUT2D eigenvalue weighted by Gasteiger charge is -2.18. The van der Waals surface area contributed by atoms with Crippen LogP contribution in [0.5, 0.6) is 0 Å².